The van der Waals surface area contributed by atoms with Crippen molar-refractivity contribution in [1.82, 2.24) is 25.6 Å². The third kappa shape index (κ3) is 11.9. The van der Waals surface area contributed by atoms with Gasteiger partial charge in [-0.3, -0.25) is 20.0 Å². The van der Waals surface area contributed by atoms with Gasteiger partial charge in [-0.2, -0.15) is 0 Å². The Balaban J connectivity index is 1.56. The van der Waals surface area contributed by atoms with Gasteiger partial charge in [0.1, 0.15) is 32.5 Å². The second-order valence-corrected chi connectivity index (χ2v) is 15.4. The normalized spacial score (nSPS) is 11.9. The minimum Gasteiger partial charge on any atom is -0.507 e. The predicted octanol–water partition coefficient (Wildman–Crippen LogP) is 10.2. The first-order valence-corrected chi connectivity index (χ1v) is 21.0. The van der Waals surface area contributed by atoms with Crippen LogP contribution in [0.1, 0.15) is 134 Å². The van der Waals surface area contributed by atoms with Gasteiger partial charge in [0.2, 0.25) is 11.6 Å². The number of benzene rings is 2. The maximum Gasteiger partial charge on any atom is 0.215 e. The van der Waals surface area contributed by atoms with E-state index >= 15 is 0 Å². The molecule has 0 radical (unpaired) electrons. The number of hydrogen-bond donors (Lipinski definition) is 8. The lowest BCUT2D eigenvalue weighted by Gasteiger charge is -2.14. The Labute approximate surface area is 354 Å². The van der Waals surface area contributed by atoms with Crippen molar-refractivity contribution in [2.75, 3.05) is 13.1 Å². The summed E-state index contributed by atoms with van der Waals surface area (Å²) < 4.78 is 1.18. The monoisotopic (exact) mass is 859 g/mol. The number of halogens is 4. The third-order valence-electron chi connectivity index (χ3n) is 9.59. The average Bonchev–Trinajstić information content (AvgIpc) is 3.66. The number of aromatic hydroxyl groups is 2. The van der Waals surface area contributed by atoms with Gasteiger partial charge < -0.3 is 37.0 Å². The minimum atomic E-state index is -0.714. The van der Waals surface area contributed by atoms with Crippen LogP contribution in [0, 0.1) is 0 Å². The van der Waals surface area contributed by atoms with Crippen molar-refractivity contribution in [2.45, 2.75) is 90.9 Å². The molecular formula is C42H53Cl4N7O4. The molecule has 0 unspecified atom stereocenters. The molecule has 0 atom stereocenters. The number of nitrogens with two attached hydrogens (primary N) is 2. The number of carbonyl (C=O) groups excluding carboxylic acids is 2. The fraction of sp³-hybridized carbons (Fsp3) is 0.381. The van der Waals surface area contributed by atoms with Gasteiger partial charge in [0.15, 0.2) is 0 Å². The van der Waals surface area contributed by atoms with E-state index in [1.807, 2.05) is 0 Å². The highest BCUT2D eigenvalue weighted by atomic mass is 35.5. The zero-order valence-electron chi connectivity index (χ0n) is 32.4. The number of nitrogens with one attached hydrogen (secondary N) is 4. The first kappa shape index (κ1) is 45.4. The Bertz CT molecular complexity index is 2060. The summed E-state index contributed by atoms with van der Waals surface area (Å²) in [5, 5.41) is 28.1. The molecule has 2 heterocycles. The second kappa shape index (κ2) is 22.6. The van der Waals surface area contributed by atoms with Crippen LogP contribution >= 0.6 is 46.4 Å². The van der Waals surface area contributed by atoms with E-state index in [9.17, 15) is 19.8 Å². The van der Waals surface area contributed by atoms with Crippen LogP contribution in [0.4, 0.5) is 0 Å². The maximum absolute atomic E-state index is 14.1. The number of hydrogen-bond acceptors (Lipinski definition) is 9. The molecule has 0 amide bonds. The number of carbonyl (C=O) groups is 2. The van der Waals surface area contributed by atoms with Crippen LogP contribution in [0.3, 0.4) is 0 Å². The largest absolute Gasteiger partial charge is 0.507 e. The highest BCUT2D eigenvalue weighted by molar-refractivity contribution is 6.45. The van der Waals surface area contributed by atoms with Crippen LogP contribution in [0.25, 0.3) is 17.1 Å². The van der Waals surface area contributed by atoms with Crippen molar-refractivity contribution in [2.24, 2.45) is 11.6 Å². The molecule has 0 spiro atoms. The number of aromatic amines is 1. The zero-order chi connectivity index (χ0) is 41.5. The van der Waals surface area contributed by atoms with Crippen molar-refractivity contribution in [1.29, 1.82) is 0 Å². The van der Waals surface area contributed by atoms with Gasteiger partial charge in [0.25, 0.3) is 0 Å². The van der Waals surface area contributed by atoms with E-state index in [1.54, 1.807) is 24.5 Å². The Kier molecular flexibility index (Phi) is 18.0. The van der Waals surface area contributed by atoms with Gasteiger partial charge in [-0.1, -0.05) is 137 Å². The second-order valence-electron chi connectivity index (χ2n) is 13.8. The van der Waals surface area contributed by atoms with Gasteiger partial charge in [-0.15, -0.1) is 0 Å². The van der Waals surface area contributed by atoms with Crippen LogP contribution < -0.4 is 27.6 Å². The van der Waals surface area contributed by atoms with Gasteiger partial charge in [0, 0.05) is 36.6 Å². The van der Waals surface area contributed by atoms with Gasteiger partial charge >= 0.3 is 0 Å². The first-order valence-electron chi connectivity index (χ1n) is 19.4. The summed E-state index contributed by atoms with van der Waals surface area (Å²) in [6, 6.07) is 10.2. The van der Waals surface area contributed by atoms with E-state index in [-0.39, 0.29) is 60.1 Å². The molecular weight excluding hydrogens is 808 g/mol. The summed E-state index contributed by atoms with van der Waals surface area (Å²) in [5.74, 6) is 3.69. The molecule has 0 saturated heterocycles. The molecule has 4 rings (SSSR count). The minimum absolute atomic E-state index is 0.0302. The molecule has 0 fully saturated rings. The first-order chi connectivity index (χ1) is 27.4. The molecule has 11 nitrogen and oxygen atoms in total. The molecule has 0 aliphatic heterocycles. The molecule has 15 heteroatoms. The number of phenols is 2. The summed E-state index contributed by atoms with van der Waals surface area (Å²) in [5.41, 5.74) is 10.2. The Hall–Kier alpha value is -4.26. The Morgan fingerprint density at radius 1 is 0.737 bits per heavy atom. The summed E-state index contributed by atoms with van der Waals surface area (Å²) in [6.07, 6.45) is 17.4. The zero-order valence-corrected chi connectivity index (χ0v) is 35.4. The van der Waals surface area contributed by atoms with Crippen LogP contribution in [0.2, 0.25) is 20.4 Å². The molecule has 308 valence electrons. The molecule has 57 heavy (non-hydrogen) atoms. The van der Waals surface area contributed by atoms with E-state index in [4.69, 9.17) is 58.0 Å². The molecule has 4 aromatic rings. The number of aromatic nitrogens is 2. The lowest BCUT2D eigenvalue weighted by molar-refractivity contribution is 0.101. The molecule has 0 aliphatic rings. The third-order valence-corrected chi connectivity index (χ3v) is 11.1. The topological polar surface area (TPSA) is 183 Å². The van der Waals surface area contributed by atoms with E-state index in [0.29, 0.717) is 22.5 Å². The van der Waals surface area contributed by atoms with E-state index in [0.717, 1.165) is 38.8 Å². The smallest absolute Gasteiger partial charge is 0.215 e. The fourth-order valence-electron chi connectivity index (χ4n) is 6.38. The summed E-state index contributed by atoms with van der Waals surface area (Å²) in [7, 11) is 0. The van der Waals surface area contributed by atoms with E-state index in [1.165, 1.54) is 86.3 Å². The lowest BCUT2D eigenvalue weighted by atomic mass is 10.0. The lowest BCUT2D eigenvalue weighted by Crippen LogP contribution is -2.22. The number of H-pyrrole nitrogens is 1. The van der Waals surface area contributed by atoms with Crippen LogP contribution in [-0.4, -0.2) is 44.4 Å². The number of unbranched alkanes of at least 4 members (excludes halogenated alkanes) is 10. The number of hydrazine groups is 1. The quantitative estimate of drug-likeness (QED) is 0.0147. The number of rotatable bonds is 24. The summed E-state index contributed by atoms with van der Waals surface area (Å²) >= 11 is 26.2. The molecule has 10 N–H and O–H groups in total. The SMILES string of the molecule is CCCCCCCCN/C=C(\N)c1ccc(C(=O)c2cc(Cl)c(Cl)n2-c2c(C(=O)c3ccc(/C(=C/NCCCCCCCC)NN)cc3O)[nH]c(Cl)c2Cl)c(O)c1. The molecule has 2 aromatic heterocycles. The van der Waals surface area contributed by atoms with Crippen molar-refractivity contribution in [3.8, 4) is 17.2 Å². The van der Waals surface area contributed by atoms with Crippen molar-refractivity contribution in [3.05, 3.63) is 109 Å². The standard InChI is InChI=1S/C42H53Cl4N7O4/c1-3-5-7-9-11-13-19-49-24-31(47)26-15-17-28(34(54)21-26)39(56)33-23-30(43)42(46)53(33)38-36(44)41(45)51-37(38)40(57)29-18-16-27(22-35(29)55)32(52-48)25-50-20-14-12-10-8-6-4-2/h15-18,21-25,49-52,54-55H,3-14,19-20,47-48H2,1-2H3/b31-24-,32-25-. The van der Waals surface area contributed by atoms with E-state index < -0.39 is 11.6 Å². The van der Waals surface area contributed by atoms with Gasteiger partial charge in [-0.05, 0) is 43.2 Å². The Morgan fingerprint density at radius 3 is 1.84 bits per heavy atom. The van der Waals surface area contributed by atoms with Crippen LogP contribution in [0.15, 0.2) is 54.9 Å². The van der Waals surface area contributed by atoms with Crippen LogP contribution in [0.5, 0.6) is 11.5 Å². The van der Waals surface area contributed by atoms with Crippen molar-refractivity contribution < 1.29 is 19.8 Å². The number of ketones is 2. The van der Waals surface area contributed by atoms with E-state index in [2.05, 4.69) is 34.9 Å². The highest BCUT2D eigenvalue weighted by Crippen LogP contribution is 2.40. The van der Waals surface area contributed by atoms with Crippen LogP contribution in [-0.2, 0) is 0 Å². The van der Waals surface area contributed by atoms with Gasteiger partial charge in [-0.25, -0.2) is 0 Å². The summed E-state index contributed by atoms with van der Waals surface area (Å²) in [4.78, 5) is 30.9. The number of nitrogens with zero attached hydrogens (tertiary/aromatic N) is 1. The average molecular weight is 862 g/mol. The maximum atomic E-state index is 14.1. The van der Waals surface area contributed by atoms with Crippen molar-refractivity contribution >= 4 is 69.4 Å². The van der Waals surface area contributed by atoms with Crippen molar-refractivity contribution in [3.63, 3.8) is 0 Å². The highest BCUT2D eigenvalue weighted by Gasteiger charge is 2.31. The Morgan fingerprint density at radius 2 is 1.26 bits per heavy atom. The summed E-state index contributed by atoms with van der Waals surface area (Å²) in [6.45, 7) is 5.89. The molecule has 2 aromatic carbocycles. The fourth-order valence-corrected chi connectivity index (χ4v) is 7.21. The molecule has 0 bridgehead atoms. The number of phenolic OH excluding ortho intramolecular Hbond substituents is 2. The predicted molar refractivity (Wildman–Crippen MR) is 233 cm³/mol. The van der Waals surface area contributed by atoms with Gasteiger partial charge in [0.05, 0.1) is 38.9 Å². The molecule has 0 aliphatic carbocycles. The molecule has 0 saturated carbocycles.